The maximum atomic E-state index is 12.2. The van der Waals surface area contributed by atoms with Gasteiger partial charge in [0.2, 0.25) is 0 Å². The van der Waals surface area contributed by atoms with Gasteiger partial charge in [0.25, 0.3) is 0 Å². The minimum absolute atomic E-state index is 0.103. The Morgan fingerprint density at radius 3 is 2.69 bits per heavy atom. The van der Waals surface area contributed by atoms with Crippen molar-refractivity contribution in [2.45, 2.75) is 51.0 Å². The van der Waals surface area contributed by atoms with Crippen LogP contribution in [0.3, 0.4) is 0 Å². The highest BCUT2D eigenvalue weighted by Crippen LogP contribution is 2.35. The minimum atomic E-state index is -0.611. The van der Waals surface area contributed by atoms with Gasteiger partial charge >= 0.3 is 11.9 Å². The molecule has 6 heteroatoms. The van der Waals surface area contributed by atoms with E-state index < -0.39 is 18.5 Å². The molecule has 0 unspecified atom stereocenters. The largest absolute Gasteiger partial charge is 0.460 e. The van der Waals surface area contributed by atoms with E-state index in [4.69, 9.17) is 21.1 Å². The molecule has 0 aromatic heterocycles. The summed E-state index contributed by atoms with van der Waals surface area (Å²) in [5.74, 6) is 0.244. The van der Waals surface area contributed by atoms with Crippen molar-refractivity contribution < 1.29 is 19.1 Å². The summed E-state index contributed by atoms with van der Waals surface area (Å²) in [6, 6.07) is 5.14. The van der Waals surface area contributed by atoms with Gasteiger partial charge in [-0.15, -0.1) is 11.8 Å². The topological polar surface area (TPSA) is 52.6 Å². The zero-order valence-corrected chi connectivity index (χ0v) is 17.4. The fourth-order valence-electron chi connectivity index (χ4n) is 3.44. The van der Waals surface area contributed by atoms with Crippen LogP contribution < -0.4 is 0 Å². The van der Waals surface area contributed by atoms with Crippen molar-refractivity contribution in [2.24, 2.45) is 17.8 Å². The maximum absolute atomic E-state index is 12.2. The van der Waals surface area contributed by atoms with Crippen LogP contribution in [-0.2, 0) is 14.3 Å². The van der Waals surface area contributed by atoms with Gasteiger partial charge in [0.15, 0.2) is 6.61 Å². The van der Waals surface area contributed by atoms with E-state index in [1.54, 1.807) is 12.1 Å². The summed E-state index contributed by atoms with van der Waals surface area (Å²) in [7, 11) is 0. The molecule has 1 fully saturated rings. The van der Waals surface area contributed by atoms with E-state index in [1.165, 1.54) is 11.8 Å². The average Bonchev–Trinajstić information content (AvgIpc) is 2.60. The van der Waals surface area contributed by atoms with E-state index >= 15 is 0 Å². The minimum Gasteiger partial charge on any atom is -0.460 e. The molecule has 0 aliphatic heterocycles. The van der Waals surface area contributed by atoms with Gasteiger partial charge in [0, 0.05) is 4.90 Å². The van der Waals surface area contributed by atoms with Crippen molar-refractivity contribution in [3.63, 3.8) is 0 Å². The highest BCUT2D eigenvalue weighted by molar-refractivity contribution is 7.98. The van der Waals surface area contributed by atoms with Crippen molar-refractivity contribution >= 4 is 35.3 Å². The molecule has 0 amide bonds. The Kier molecular flexibility index (Phi) is 7.84. The molecule has 0 heterocycles. The smallest absolute Gasteiger partial charge is 0.344 e. The normalized spacial score (nSPS) is 22.9. The van der Waals surface area contributed by atoms with E-state index in [2.05, 4.69) is 20.8 Å². The summed E-state index contributed by atoms with van der Waals surface area (Å²) in [6.07, 6.45) is 4.90. The van der Waals surface area contributed by atoms with Gasteiger partial charge in [-0.1, -0.05) is 38.8 Å². The Morgan fingerprint density at radius 1 is 1.31 bits per heavy atom. The molecule has 0 N–H and O–H groups in total. The molecule has 0 radical (unpaired) electrons. The van der Waals surface area contributed by atoms with E-state index in [-0.39, 0.29) is 11.7 Å². The maximum Gasteiger partial charge on any atom is 0.344 e. The first-order valence-electron chi connectivity index (χ1n) is 9.02. The van der Waals surface area contributed by atoms with Crippen LogP contribution in [0.2, 0.25) is 5.02 Å². The predicted octanol–water partition coefficient (Wildman–Crippen LogP) is 5.22. The molecular weight excluding hydrogens is 372 g/mol. The summed E-state index contributed by atoms with van der Waals surface area (Å²) in [6.45, 7) is 6.09. The quantitative estimate of drug-likeness (QED) is 0.485. The van der Waals surface area contributed by atoms with Crippen LogP contribution in [-0.4, -0.2) is 30.9 Å². The first kappa shape index (κ1) is 21.1. The van der Waals surface area contributed by atoms with Crippen LogP contribution >= 0.6 is 23.4 Å². The zero-order valence-electron chi connectivity index (χ0n) is 15.8. The Bertz CT molecular complexity index is 647. The molecule has 2 rings (SSSR count). The van der Waals surface area contributed by atoms with E-state index in [1.807, 2.05) is 12.3 Å². The number of hydrogen-bond donors (Lipinski definition) is 0. The van der Waals surface area contributed by atoms with Crippen molar-refractivity contribution in [1.82, 2.24) is 0 Å². The van der Waals surface area contributed by atoms with E-state index in [0.29, 0.717) is 22.8 Å². The number of carbonyl (C=O) groups is 2. The lowest BCUT2D eigenvalue weighted by Gasteiger charge is -2.36. The first-order valence-corrected chi connectivity index (χ1v) is 10.6. The number of rotatable bonds is 6. The summed E-state index contributed by atoms with van der Waals surface area (Å²) in [5.41, 5.74) is 0.262. The lowest BCUT2D eigenvalue weighted by Crippen LogP contribution is -2.36. The molecule has 1 aromatic carbocycles. The van der Waals surface area contributed by atoms with Crippen LogP contribution in [0.15, 0.2) is 23.1 Å². The predicted molar refractivity (Wildman–Crippen MR) is 105 cm³/mol. The van der Waals surface area contributed by atoms with Gasteiger partial charge < -0.3 is 9.47 Å². The van der Waals surface area contributed by atoms with E-state index in [9.17, 15) is 9.59 Å². The zero-order chi connectivity index (χ0) is 19.3. The van der Waals surface area contributed by atoms with Gasteiger partial charge in [-0.3, -0.25) is 0 Å². The highest BCUT2D eigenvalue weighted by Gasteiger charge is 2.33. The molecule has 0 bridgehead atoms. The molecule has 1 aromatic rings. The molecule has 1 aliphatic rings. The molecule has 1 aliphatic carbocycles. The standard InChI is InChI=1S/C20H27ClO4S/c1-12(2)15-7-5-13(3)9-18(15)25-19(22)11-24-20(23)16-10-14(26-4)6-8-17(16)21/h6,8,10,12-13,15,18H,5,7,9,11H2,1-4H3/t13-,15+,18+/m0/s1. The van der Waals surface area contributed by atoms with Crippen LogP contribution in [0.25, 0.3) is 0 Å². The van der Waals surface area contributed by atoms with Crippen molar-refractivity contribution in [3.8, 4) is 0 Å². The molecule has 144 valence electrons. The summed E-state index contributed by atoms with van der Waals surface area (Å²) >= 11 is 7.56. The molecule has 4 nitrogen and oxygen atoms in total. The van der Waals surface area contributed by atoms with Crippen molar-refractivity contribution in [3.05, 3.63) is 28.8 Å². The lowest BCUT2D eigenvalue weighted by molar-refractivity contribution is -0.159. The first-order chi connectivity index (χ1) is 12.3. The van der Waals surface area contributed by atoms with Crippen LogP contribution in [0.5, 0.6) is 0 Å². The molecule has 26 heavy (non-hydrogen) atoms. The second kappa shape index (κ2) is 9.65. The third-order valence-electron chi connectivity index (χ3n) is 4.96. The average molecular weight is 399 g/mol. The second-order valence-corrected chi connectivity index (χ2v) is 8.56. The number of thioether (sulfide) groups is 1. The van der Waals surface area contributed by atoms with Crippen molar-refractivity contribution in [2.75, 3.05) is 12.9 Å². The number of carbonyl (C=O) groups excluding carboxylic acids is 2. The summed E-state index contributed by atoms with van der Waals surface area (Å²) in [4.78, 5) is 25.3. The van der Waals surface area contributed by atoms with Gasteiger partial charge in [-0.05, 0) is 55.1 Å². The lowest BCUT2D eigenvalue weighted by atomic mass is 9.75. The SMILES string of the molecule is CSc1ccc(Cl)c(C(=O)OCC(=O)O[C@@H]2C[C@@H](C)CC[C@@H]2C(C)C)c1. The van der Waals surface area contributed by atoms with Gasteiger partial charge in [0.05, 0.1) is 10.6 Å². The Balaban J connectivity index is 1.92. The van der Waals surface area contributed by atoms with Gasteiger partial charge in [0.1, 0.15) is 6.10 Å². The Labute approximate surface area is 165 Å². The highest BCUT2D eigenvalue weighted by atomic mass is 35.5. The van der Waals surface area contributed by atoms with Gasteiger partial charge in [-0.25, -0.2) is 9.59 Å². The van der Waals surface area contributed by atoms with Crippen LogP contribution in [0.4, 0.5) is 0 Å². The molecule has 1 saturated carbocycles. The molecule has 0 saturated heterocycles. The number of esters is 2. The molecule has 0 spiro atoms. The number of ether oxygens (including phenoxy) is 2. The molecule has 3 atom stereocenters. The fourth-order valence-corrected chi connectivity index (χ4v) is 4.08. The number of halogens is 1. The van der Waals surface area contributed by atoms with E-state index in [0.717, 1.165) is 24.2 Å². The number of hydrogen-bond acceptors (Lipinski definition) is 5. The summed E-state index contributed by atoms with van der Waals surface area (Å²) < 4.78 is 10.8. The monoisotopic (exact) mass is 398 g/mol. The Hall–Kier alpha value is -1.20. The third-order valence-corrected chi connectivity index (χ3v) is 6.01. The van der Waals surface area contributed by atoms with Crippen LogP contribution in [0, 0.1) is 17.8 Å². The van der Waals surface area contributed by atoms with Gasteiger partial charge in [-0.2, -0.15) is 0 Å². The van der Waals surface area contributed by atoms with Crippen LogP contribution in [0.1, 0.15) is 50.4 Å². The number of benzene rings is 1. The fraction of sp³-hybridized carbons (Fsp3) is 0.600. The Morgan fingerprint density at radius 2 is 2.04 bits per heavy atom. The second-order valence-electron chi connectivity index (χ2n) is 7.28. The summed E-state index contributed by atoms with van der Waals surface area (Å²) in [5, 5.41) is 0.308. The molecular formula is C20H27ClO4S. The van der Waals surface area contributed by atoms with Crippen molar-refractivity contribution in [1.29, 1.82) is 0 Å². The third kappa shape index (κ3) is 5.65.